The molecule has 1 rings (SSSR count). The van der Waals surface area contributed by atoms with E-state index >= 15 is 0 Å². The van der Waals surface area contributed by atoms with Gasteiger partial charge in [0.1, 0.15) is 5.75 Å². The molecule has 1 aromatic rings. The van der Waals surface area contributed by atoms with Crippen LogP contribution in [0.3, 0.4) is 0 Å². The topological polar surface area (TPSA) is 39.7 Å². The average molecular weight is 295 g/mol. The molecule has 0 radical (unpaired) electrons. The van der Waals surface area contributed by atoms with Gasteiger partial charge in [0.2, 0.25) is 0 Å². The van der Waals surface area contributed by atoms with Gasteiger partial charge in [-0.1, -0.05) is 19.1 Å². The van der Waals surface area contributed by atoms with Gasteiger partial charge in [-0.15, -0.1) is 0 Å². The molecule has 0 bridgehead atoms. The lowest BCUT2D eigenvalue weighted by Gasteiger charge is -2.17. The fourth-order valence-corrected chi connectivity index (χ4v) is 1.91. The van der Waals surface area contributed by atoms with Gasteiger partial charge in [-0.3, -0.25) is 0 Å². The smallest absolute Gasteiger partial charge is 0.119 e. The minimum Gasteiger partial charge on any atom is -0.494 e. The van der Waals surface area contributed by atoms with E-state index in [-0.39, 0.29) is 12.1 Å². The Kier molecular flexibility index (Phi) is 9.06. The molecule has 4 nitrogen and oxygen atoms in total. The lowest BCUT2D eigenvalue weighted by Crippen LogP contribution is -2.23. The lowest BCUT2D eigenvalue weighted by molar-refractivity contribution is 0.0142. The zero-order chi connectivity index (χ0) is 15.5. The molecule has 21 heavy (non-hydrogen) atoms. The van der Waals surface area contributed by atoms with Crippen LogP contribution in [0.15, 0.2) is 24.3 Å². The largest absolute Gasteiger partial charge is 0.494 e. The van der Waals surface area contributed by atoms with Gasteiger partial charge < -0.3 is 19.5 Å². The quantitative estimate of drug-likeness (QED) is 0.637. The highest BCUT2D eigenvalue weighted by Gasteiger charge is 2.09. The molecule has 1 unspecified atom stereocenters. The maximum absolute atomic E-state index is 5.67. The second kappa shape index (κ2) is 10.6. The maximum Gasteiger partial charge on any atom is 0.119 e. The summed E-state index contributed by atoms with van der Waals surface area (Å²) in [6, 6.07) is 8.37. The Balaban J connectivity index is 2.37. The van der Waals surface area contributed by atoms with Gasteiger partial charge in [0.25, 0.3) is 0 Å². The van der Waals surface area contributed by atoms with Crippen LogP contribution in [0.1, 0.15) is 38.8 Å². The minimum atomic E-state index is 0.185. The van der Waals surface area contributed by atoms with E-state index in [1.165, 1.54) is 5.56 Å². The van der Waals surface area contributed by atoms with E-state index in [2.05, 4.69) is 24.4 Å². The van der Waals surface area contributed by atoms with Crippen LogP contribution < -0.4 is 10.1 Å². The Bertz CT molecular complexity index is 365. The molecule has 0 spiro atoms. The summed E-state index contributed by atoms with van der Waals surface area (Å²) in [5, 5.41) is 3.27. The van der Waals surface area contributed by atoms with Gasteiger partial charge in [-0.25, -0.2) is 0 Å². The van der Waals surface area contributed by atoms with Gasteiger partial charge >= 0.3 is 0 Å². The Morgan fingerprint density at radius 1 is 1.05 bits per heavy atom. The molecule has 0 saturated heterocycles. The van der Waals surface area contributed by atoms with Crippen molar-refractivity contribution in [1.82, 2.24) is 5.32 Å². The maximum atomic E-state index is 5.67. The van der Waals surface area contributed by atoms with E-state index < -0.39 is 0 Å². The lowest BCUT2D eigenvalue weighted by atomic mass is 10.1. The standard InChI is InChI=1S/C17H29NO3/c1-5-10-21-16-8-6-15(7-9-16)17(18-4)13-19-11-12-20-14(2)3/h6-9,14,17-18H,5,10-13H2,1-4H3. The highest BCUT2D eigenvalue weighted by molar-refractivity contribution is 5.29. The summed E-state index contributed by atoms with van der Waals surface area (Å²) in [5.41, 5.74) is 1.20. The molecule has 0 saturated carbocycles. The summed E-state index contributed by atoms with van der Waals surface area (Å²) in [6.07, 6.45) is 1.28. The molecule has 0 aromatic heterocycles. The molecule has 0 aliphatic carbocycles. The molecule has 0 aliphatic rings. The summed E-state index contributed by atoms with van der Waals surface area (Å²) >= 11 is 0. The Morgan fingerprint density at radius 2 is 1.76 bits per heavy atom. The monoisotopic (exact) mass is 295 g/mol. The Hall–Kier alpha value is -1.10. The van der Waals surface area contributed by atoms with E-state index in [4.69, 9.17) is 14.2 Å². The molecular weight excluding hydrogens is 266 g/mol. The van der Waals surface area contributed by atoms with Crippen LogP contribution in [0, 0.1) is 0 Å². The van der Waals surface area contributed by atoms with E-state index in [0.717, 1.165) is 18.8 Å². The van der Waals surface area contributed by atoms with Crippen molar-refractivity contribution in [3.8, 4) is 5.75 Å². The molecule has 0 amide bonds. The number of ether oxygens (including phenoxy) is 3. The molecule has 0 aliphatic heterocycles. The van der Waals surface area contributed by atoms with Gasteiger partial charge in [-0.2, -0.15) is 0 Å². The molecule has 0 heterocycles. The molecule has 120 valence electrons. The van der Waals surface area contributed by atoms with E-state index in [0.29, 0.717) is 19.8 Å². The SMILES string of the molecule is CCCOc1ccc(C(COCCOC(C)C)NC)cc1. The minimum absolute atomic E-state index is 0.185. The van der Waals surface area contributed by atoms with Crippen molar-refractivity contribution in [3.05, 3.63) is 29.8 Å². The number of benzene rings is 1. The Morgan fingerprint density at radius 3 is 2.33 bits per heavy atom. The molecule has 4 heteroatoms. The molecule has 0 fully saturated rings. The van der Waals surface area contributed by atoms with E-state index in [1.54, 1.807) is 0 Å². The molecule has 1 N–H and O–H groups in total. The predicted octanol–water partition coefficient (Wildman–Crippen LogP) is 3.18. The normalized spacial score (nSPS) is 12.6. The summed E-state index contributed by atoms with van der Waals surface area (Å²) in [4.78, 5) is 0. The van der Waals surface area contributed by atoms with Crippen LogP contribution >= 0.6 is 0 Å². The first kappa shape index (κ1) is 18.0. The number of nitrogens with one attached hydrogen (secondary N) is 1. The van der Waals surface area contributed by atoms with Crippen LogP contribution in [0.2, 0.25) is 0 Å². The zero-order valence-corrected chi connectivity index (χ0v) is 13.7. The van der Waals surface area contributed by atoms with Crippen LogP contribution in [-0.2, 0) is 9.47 Å². The highest BCUT2D eigenvalue weighted by atomic mass is 16.5. The van der Waals surface area contributed by atoms with Gasteiger partial charge in [-0.05, 0) is 45.0 Å². The number of likely N-dealkylation sites (N-methyl/N-ethyl adjacent to an activating group) is 1. The second-order valence-corrected chi connectivity index (χ2v) is 5.25. The van der Waals surface area contributed by atoms with Gasteiger partial charge in [0, 0.05) is 0 Å². The molecular formula is C17H29NO3. The van der Waals surface area contributed by atoms with Crippen LogP contribution in [-0.4, -0.2) is 39.6 Å². The first-order valence-electron chi connectivity index (χ1n) is 7.76. The van der Waals surface area contributed by atoms with Crippen LogP contribution in [0.5, 0.6) is 5.75 Å². The second-order valence-electron chi connectivity index (χ2n) is 5.25. The highest BCUT2D eigenvalue weighted by Crippen LogP contribution is 2.18. The fourth-order valence-electron chi connectivity index (χ4n) is 1.91. The number of rotatable bonds is 11. The predicted molar refractivity (Wildman–Crippen MR) is 85.9 cm³/mol. The van der Waals surface area contributed by atoms with Crippen molar-refractivity contribution >= 4 is 0 Å². The van der Waals surface area contributed by atoms with E-state index in [1.807, 2.05) is 33.0 Å². The van der Waals surface area contributed by atoms with Crippen molar-refractivity contribution in [2.24, 2.45) is 0 Å². The van der Waals surface area contributed by atoms with Crippen LogP contribution in [0.25, 0.3) is 0 Å². The van der Waals surface area contributed by atoms with Gasteiger partial charge in [0.05, 0.1) is 38.6 Å². The first-order valence-corrected chi connectivity index (χ1v) is 7.76. The zero-order valence-electron chi connectivity index (χ0n) is 13.7. The molecule has 1 aromatic carbocycles. The number of hydrogen-bond acceptors (Lipinski definition) is 4. The third-order valence-electron chi connectivity index (χ3n) is 3.07. The van der Waals surface area contributed by atoms with Crippen molar-refractivity contribution in [1.29, 1.82) is 0 Å². The summed E-state index contributed by atoms with van der Waals surface area (Å²) in [7, 11) is 1.94. The number of hydrogen-bond donors (Lipinski definition) is 1. The Labute approximate surface area is 128 Å². The summed E-state index contributed by atoms with van der Waals surface area (Å²) < 4.78 is 16.7. The van der Waals surface area contributed by atoms with Crippen LogP contribution in [0.4, 0.5) is 0 Å². The van der Waals surface area contributed by atoms with Gasteiger partial charge in [0.15, 0.2) is 0 Å². The van der Waals surface area contributed by atoms with Crippen molar-refractivity contribution in [2.45, 2.75) is 39.3 Å². The fraction of sp³-hybridized carbons (Fsp3) is 0.647. The van der Waals surface area contributed by atoms with Crippen molar-refractivity contribution < 1.29 is 14.2 Å². The molecule has 1 atom stereocenters. The third-order valence-corrected chi connectivity index (χ3v) is 3.07. The third kappa shape index (κ3) is 7.46. The van der Waals surface area contributed by atoms with E-state index in [9.17, 15) is 0 Å². The van der Waals surface area contributed by atoms with Crippen molar-refractivity contribution in [3.63, 3.8) is 0 Å². The summed E-state index contributed by atoms with van der Waals surface area (Å²) in [6.45, 7) is 8.80. The first-order chi connectivity index (χ1) is 10.2. The summed E-state index contributed by atoms with van der Waals surface area (Å²) in [5.74, 6) is 0.918. The average Bonchev–Trinajstić information content (AvgIpc) is 2.49. The van der Waals surface area contributed by atoms with Crippen molar-refractivity contribution in [2.75, 3.05) is 33.5 Å².